The number of benzene rings is 2. The van der Waals surface area contributed by atoms with Gasteiger partial charge in [-0.05, 0) is 60.8 Å². The molecule has 2 aromatic carbocycles. The molecule has 6 heteroatoms. The first-order chi connectivity index (χ1) is 16.2. The SMILES string of the molecule is CC[Si](CC)(CC)O[C@@H](c1ccc(OC)cc1)[C@@H](/C(C)=C\[S@@](=O)(=NC)c1ccccc1)C(C)C. The van der Waals surface area contributed by atoms with Crippen LogP contribution in [-0.4, -0.2) is 26.7 Å². The van der Waals surface area contributed by atoms with E-state index in [1.165, 1.54) is 0 Å². The van der Waals surface area contributed by atoms with Gasteiger partial charge in [-0.3, -0.25) is 0 Å². The van der Waals surface area contributed by atoms with Crippen LogP contribution in [-0.2, 0) is 14.2 Å². The third-order valence-electron chi connectivity index (χ3n) is 7.02. The van der Waals surface area contributed by atoms with E-state index < -0.39 is 18.0 Å². The Balaban J connectivity index is 2.65. The molecule has 0 saturated carbocycles. The molecular formula is C28H43NO3SSi. The Kier molecular flexibility index (Phi) is 10.6. The van der Waals surface area contributed by atoms with Crippen LogP contribution in [0.4, 0.5) is 0 Å². The van der Waals surface area contributed by atoms with Crippen molar-refractivity contribution in [2.75, 3.05) is 14.2 Å². The van der Waals surface area contributed by atoms with Crippen molar-refractivity contribution >= 4 is 18.0 Å². The van der Waals surface area contributed by atoms with Crippen LogP contribution in [0.5, 0.6) is 5.75 Å². The third kappa shape index (κ3) is 6.61. The average Bonchev–Trinajstić information content (AvgIpc) is 2.87. The lowest BCUT2D eigenvalue weighted by Crippen LogP contribution is -2.40. The molecule has 0 aliphatic rings. The van der Waals surface area contributed by atoms with Crippen molar-refractivity contribution in [3.05, 3.63) is 71.1 Å². The second-order valence-corrected chi connectivity index (χ2v) is 16.2. The van der Waals surface area contributed by atoms with Gasteiger partial charge in [0.1, 0.15) is 5.75 Å². The maximum Gasteiger partial charge on any atom is 0.192 e. The first-order valence-electron chi connectivity index (χ1n) is 12.4. The van der Waals surface area contributed by atoms with Crippen molar-refractivity contribution in [1.29, 1.82) is 0 Å². The van der Waals surface area contributed by atoms with Crippen molar-refractivity contribution in [1.82, 2.24) is 0 Å². The predicted octanol–water partition coefficient (Wildman–Crippen LogP) is 8.09. The first kappa shape index (κ1) is 28.3. The van der Waals surface area contributed by atoms with Crippen LogP contribution in [0, 0.1) is 11.8 Å². The predicted molar refractivity (Wildman–Crippen MR) is 147 cm³/mol. The van der Waals surface area contributed by atoms with E-state index in [1.54, 1.807) is 14.2 Å². The van der Waals surface area contributed by atoms with Crippen LogP contribution in [0.15, 0.2) is 74.8 Å². The lowest BCUT2D eigenvalue weighted by Gasteiger charge is -2.39. The molecule has 2 aromatic rings. The first-order valence-corrected chi connectivity index (χ1v) is 16.5. The maximum atomic E-state index is 13.9. The number of hydrogen-bond donors (Lipinski definition) is 0. The normalized spacial score (nSPS) is 16.1. The van der Waals surface area contributed by atoms with Gasteiger partial charge < -0.3 is 9.16 Å². The van der Waals surface area contributed by atoms with Crippen LogP contribution in [0.1, 0.15) is 53.2 Å². The zero-order valence-electron chi connectivity index (χ0n) is 22.2. The van der Waals surface area contributed by atoms with Gasteiger partial charge in [-0.15, -0.1) is 0 Å². The minimum Gasteiger partial charge on any atom is -0.497 e. The molecule has 0 aromatic heterocycles. The summed E-state index contributed by atoms with van der Waals surface area (Å²) in [7, 11) is -1.27. The summed E-state index contributed by atoms with van der Waals surface area (Å²) in [5.74, 6) is 1.19. The standard InChI is InChI=1S/C28H43NO3SSi/c1-9-34(10-2,11-3)32-28(24-17-19-25(31-8)20-18-24)27(22(4)5)23(6)21-33(30,29-7)26-15-13-12-14-16-26/h12-22,27-28H,9-11H2,1-8H3/b23-21-/t27-,28+,33+/m1/s1. The molecule has 0 saturated heterocycles. The number of hydrogen-bond acceptors (Lipinski definition) is 4. The van der Waals surface area contributed by atoms with Gasteiger partial charge in [-0.2, -0.15) is 0 Å². The number of ether oxygens (including phenoxy) is 1. The van der Waals surface area contributed by atoms with Gasteiger partial charge >= 0.3 is 0 Å². The van der Waals surface area contributed by atoms with Gasteiger partial charge in [-0.25, -0.2) is 8.57 Å². The quantitative estimate of drug-likeness (QED) is 0.276. The van der Waals surface area contributed by atoms with E-state index in [-0.39, 0.29) is 17.9 Å². The van der Waals surface area contributed by atoms with E-state index in [9.17, 15) is 4.21 Å². The third-order valence-corrected chi connectivity index (χ3v) is 13.8. The molecule has 0 aliphatic carbocycles. The van der Waals surface area contributed by atoms with Gasteiger partial charge in [0.25, 0.3) is 0 Å². The molecule has 0 aliphatic heterocycles. The molecule has 34 heavy (non-hydrogen) atoms. The van der Waals surface area contributed by atoms with E-state index in [1.807, 2.05) is 47.9 Å². The molecule has 0 heterocycles. The summed E-state index contributed by atoms with van der Waals surface area (Å²) in [6.45, 7) is 13.3. The summed E-state index contributed by atoms with van der Waals surface area (Å²) in [5, 5.41) is 1.89. The molecule has 188 valence electrons. The highest BCUT2D eigenvalue weighted by Crippen LogP contribution is 2.42. The molecule has 0 spiro atoms. The molecule has 0 N–H and O–H groups in total. The zero-order valence-corrected chi connectivity index (χ0v) is 24.0. The fourth-order valence-electron chi connectivity index (χ4n) is 4.70. The van der Waals surface area contributed by atoms with Crippen molar-refractivity contribution in [3.63, 3.8) is 0 Å². The average molecular weight is 502 g/mol. The van der Waals surface area contributed by atoms with Crippen molar-refractivity contribution in [2.24, 2.45) is 16.2 Å². The van der Waals surface area contributed by atoms with Crippen molar-refractivity contribution in [2.45, 2.75) is 70.7 Å². The minimum atomic E-state index is -2.67. The van der Waals surface area contributed by atoms with E-state index >= 15 is 0 Å². The van der Waals surface area contributed by atoms with E-state index in [0.717, 1.165) is 39.9 Å². The second-order valence-electron chi connectivity index (χ2n) is 9.25. The molecule has 3 atom stereocenters. The summed E-state index contributed by atoms with van der Waals surface area (Å²) in [4.78, 5) is 0.737. The summed E-state index contributed by atoms with van der Waals surface area (Å²) in [6.07, 6.45) is -0.120. The fraction of sp³-hybridized carbons (Fsp3) is 0.500. The van der Waals surface area contributed by atoms with Gasteiger partial charge in [0, 0.05) is 18.4 Å². The second kappa shape index (κ2) is 12.7. The van der Waals surface area contributed by atoms with Crippen LogP contribution in [0.25, 0.3) is 0 Å². The molecule has 0 radical (unpaired) electrons. The zero-order chi connectivity index (χ0) is 25.4. The maximum absolute atomic E-state index is 13.9. The van der Waals surface area contributed by atoms with Crippen LogP contribution >= 0.6 is 0 Å². The number of methoxy groups -OCH3 is 1. The van der Waals surface area contributed by atoms with Crippen LogP contribution < -0.4 is 4.74 Å². The Morgan fingerprint density at radius 1 is 1.00 bits per heavy atom. The van der Waals surface area contributed by atoms with E-state index in [0.29, 0.717) is 0 Å². The van der Waals surface area contributed by atoms with Crippen molar-refractivity contribution in [3.8, 4) is 5.75 Å². The van der Waals surface area contributed by atoms with Gasteiger partial charge in [0.05, 0.1) is 27.8 Å². The summed E-state index contributed by atoms with van der Waals surface area (Å²) in [5.41, 5.74) is 2.20. The lowest BCUT2D eigenvalue weighted by molar-refractivity contribution is 0.114. The van der Waals surface area contributed by atoms with Crippen LogP contribution in [0.3, 0.4) is 0 Å². The van der Waals surface area contributed by atoms with Gasteiger partial charge in [-0.1, -0.05) is 70.5 Å². The van der Waals surface area contributed by atoms with E-state index in [2.05, 4.69) is 58.0 Å². The molecule has 4 nitrogen and oxygen atoms in total. The van der Waals surface area contributed by atoms with Gasteiger partial charge in [0.2, 0.25) is 0 Å². The molecule has 2 rings (SSSR count). The summed E-state index contributed by atoms with van der Waals surface area (Å²) in [6, 6.07) is 21.0. The number of rotatable bonds is 12. The fourth-order valence-corrected chi connectivity index (χ4v) is 9.18. The highest BCUT2D eigenvalue weighted by Gasteiger charge is 2.37. The number of nitrogens with zero attached hydrogens (tertiary/aromatic N) is 1. The summed E-state index contributed by atoms with van der Waals surface area (Å²) >= 11 is 0. The molecule has 0 unspecified atom stereocenters. The Morgan fingerprint density at radius 2 is 1.56 bits per heavy atom. The Hall–Kier alpha value is -1.89. The Morgan fingerprint density at radius 3 is 2.00 bits per heavy atom. The van der Waals surface area contributed by atoms with E-state index in [4.69, 9.17) is 9.16 Å². The van der Waals surface area contributed by atoms with Gasteiger partial charge in [0.15, 0.2) is 8.32 Å². The smallest absolute Gasteiger partial charge is 0.192 e. The highest BCUT2D eigenvalue weighted by molar-refractivity contribution is 7.96. The summed E-state index contributed by atoms with van der Waals surface area (Å²) < 4.78 is 30.8. The molecule has 0 bridgehead atoms. The molecule has 0 amide bonds. The molecular weight excluding hydrogens is 458 g/mol. The Bertz CT molecular complexity index is 1030. The highest BCUT2D eigenvalue weighted by atomic mass is 32.2. The molecule has 0 fully saturated rings. The largest absolute Gasteiger partial charge is 0.497 e. The van der Waals surface area contributed by atoms with Crippen molar-refractivity contribution < 1.29 is 13.4 Å². The lowest BCUT2D eigenvalue weighted by atomic mass is 9.82. The Labute approximate surface area is 209 Å². The van der Waals surface area contributed by atoms with Crippen LogP contribution in [0.2, 0.25) is 18.1 Å². The minimum absolute atomic E-state index is 0.0659. The topological polar surface area (TPSA) is 47.9 Å². The monoisotopic (exact) mass is 501 g/mol.